The Morgan fingerprint density at radius 1 is 1.43 bits per heavy atom. The Morgan fingerprint density at radius 3 is 2.57 bits per heavy atom. The van der Waals surface area contributed by atoms with Crippen LogP contribution in [0, 0.1) is 6.92 Å². The minimum Gasteiger partial charge on any atom is -0.496 e. The molecule has 0 saturated heterocycles. The van der Waals surface area contributed by atoms with Gasteiger partial charge in [0.05, 0.1) is 7.11 Å². The van der Waals surface area contributed by atoms with Crippen molar-refractivity contribution in [1.82, 2.24) is 0 Å². The fourth-order valence-electron chi connectivity index (χ4n) is 1.86. The molecule has 0 atom stereocenters. The predicted molar refractivity (Wildman–Crippen MR) is 59.4 cm³/mol. The van der Waals surface area contributed by atoms with Gasteiger partial charge in [-0.15, -0.1) is 11.6 Å². The van der Waals surface area contributed by atoms with Gasteiger partial charge in [-0.1, -0.05) is 12.1 Å². The number of rotatable bonds is 3. The number of halogens is 1. The van der Waals surface area contributed by atoms with Crippen molar-refractivity contribution in [3.05, 3.63) is 29.3 Å². The molecule has 0 heterocycles. The molecule has 1 aromatic rings. The van der Waals surface area contributed by atoms with Gasteiger partial charge in [-0.25, -0.2) is 0 Å². The number of benzene rings is 1. The molecule has 1 nitrogen and oxygen atoms in total. The highest BCUT2D eigenvalue weighted by molar-refractivity contribution is 6.19. The second kappa shape index (κ2) is 3.47. The maximum absolute atomic E-state index is 5.98. The predicted octanol–water partition coefficient (Wildman–Crippen LogP) is 3.27. The summed E-state index contributed by atoms with van der Waals surface area (Å²) in [5.74, 6) is 1.69. The molecule has 0 spiro atoms. The molecule has 0 N–H and O–H groups in total. The van der Waals surface area contributed by atoms with Crippen LogP contribution in [0.3, 0.4) is 0 Å². The average Bonchev–Trinajstić information content (AvgIpc) is 2.98. The fourth-order valence-corrected chi connectivity index (χ4v) is 2.28. The molecule has 0 bridgehead atoms. The molecule has 0 amide bonds. The monoisotopic (exact) mass is 210 g/mol. The van der Waals surface area contributed by atoms with Gasteiger partial charge in [0, 0.05) is 11.3 Å². The Labute approximate surface area is 90.0 Å². The molecule has 1 saturated carbocycles. The van der Waals surface area contributed by atoms with Crippen LogP contribution in [0.25, 0.3) is 0 Å². The molecular formula is C12H15ClO. The van der Waals surface area contributed by atoms with E-state index in [2.05, 4.69) is 19.1 Å². The van der Waals surface area contributed by atoms with E-state index in [1.807, 2.05) is 6.07 Å². The first kappa shape index (κ1) is 9.85. The highest BCUT2D eigenvalue weighted by Gasteiger charge is 2.43. The Bertz CT molecular complexity index is 342. The number of ether oxygens (including phenoxy) is 1. The van der Waals surface area contributed by atoms with E-state index in [0.29, 0.717) is 0 Å². The number of methoxy groups -OCH3 is 1. The van der Waals surface area contributed by atoms with Crippen molar-refractivity contribution in [2.75, 3.05) is 13.0 Å². The highest BCUT2D eigenvalue weighted by atomic mass is 35.5. The van der Waals surface area contributed by atoms with Crippen LogP contribution >= 0.6 is 11.6 Å². The standard InChI is InChI=1S/C12H15ClO/c1-9-7-10(3-4-11(9)14-2)12(8-13)5-6-12/h3-4,7H,5-6,8H2,1-2H3. The highest BCUT2D eigenvalue weighted by Crippen LogP contribution is 2.49. The van der Waals surface area contributed by atoms with Crippen LogP contribution < -0.4 is 4.74 Å². The van der Waals surface area contributed by atoms with Crippen LogP contribution in [0.2, 0.25) is 0 Å². The lowest BCUT2D eigenvalue weighted by molar-refractivity contribution is 0.411. The summed E-state index contributed by atoms with van der Waals surface area (Å²) in [6, 6.07) is 6.38. The summed E-state index contributed by atoms with van der Waals surface area (Å²) >= 11 is 5.98. The van der Waals surface area contributed by atoms with Crippen LogP contribution in [0.1, 0.15) is 24.0 Å². The maximum Gasteiger partial charge on any atom is 0.121 e. The molecule has 1 aliphatic carbocycles. The van der Waals surface area contributed by atoms with E-state index in [0.717, 1.165) is 11.6 Å². The van der Waals surface area contributed by atoms with E-state index in [-0.39, 0.29) is 5.41 Å². The van der Waals surface area contributed by atoms with Gasteiger partial charge >= 0.3 is 0 Å². The van der Waals surface area contributed by atoms with E-state index in [9.17, 15) is 0 Å². The van der Waals surface area contributed by atoms with Gasteiger partial charge in [-0.3, -0.25) is 0 Å². The van der Waals surface area contributed by atoms with E-state index in [4.69, 9.17) is 16.3 Å². The number of hydrogen-bond acceptors (Lipinski definition) is 1. The lowest BCUT2D eigenvalue weighted by Gasteiger charge is -2.14. The zero-order valence-corrected chi connectivity index (χ0v) is 9.40. The van der Waals surface area contributed by atoms with Gasteiger partial charge in [0.1, 0.15) is 5.75 Å². The fraction of sp³-hybridized carbons (Fsp3) is 0.500. The van der Waals surface area contributed by atoms with Gasteiger partial charge in [0.2, 0.25) is 0 Å². The zero-order valence-electron chi connectivity index (χ0n) is 8.64. The van der Waals surface area contributed by atoms with E-state index < -0.39 is 0 Å². The van der Waals surface area contributed by atoms with Gasteiger partial charge in [0.25, 0.3) is 0 Å². The second-order valence-electron chi connectivity index (χ2n) is 4.10. The first-order valence-electron chi connectivity index (χ1n) is 4.93. The van der Waals surface area contributed by atoms with Crippen molar-refractivity contribution in [2.45, 2.75) is 25.2 Å². The molecule has 14 heavy (non-hydrogen) atoms. The summed E-state index contributed by atoms with van der Waals surface area (Å²) in [6.07, 6.45) is 2.45. The Kier molecular flexibility index (Phi) is 2.44. The van der Waals surface area contributed by atoms with Crippen molar-refractivity contribution in [3.63, 3.8) is 0 Å². The van der Waals surface area contributed by atoms with Crippen LogP contribution in [0.15, 0.2) is 18.2 Å². The molecule has 76 valence electrons. The van der Waals surface area contributed by atoms with E-state index in [1.54, 1.807) is 7.11 Å². The number of alkyl halides is 1. The SMILES string of the molecule is COc1ccc(C2(CCl)CC2)cc1C. The van der Waals surface area contributed by atoms with Crippen molar-refractivity contribution in [2.24, 2.45) is 0 Å². The molecule has 0 radical (unpaired) electrons. The lowest BCUT2D eigenvalue weighted by atomic mass is 9.96. The van der Waals surface area contributed by atoms with Crippen LogP contribution in [0.5, 0.6) is 5.75 Å². The first-order chi connectivity index (χ1) is 6.72. The third kappa shape index (κ3) is 1.50. The van der Waals surface area contributed by atoms with Crippen molar-refractivity contribution < 1.29 is 4.74 Å². The minimum atomic E-state index is 0.276. The summed E-state index contributed by atoms with van der Waals surface area (Å²) in [5, 5.41) is 0. The zero-order chi connectivity index (χ0) is 10.2. The third-order valence-electron chi connectivity index (χ3n) is 3.12. The lowest BCUT2D eigenvalue weighted by Crippen LogP contribution is -2.08. The topological polar surface area (TPSA) is 9.23 Å². The first-order valence-corrected chi connectivity index (χ1v) is 5.46. The van der Waals surface area contributed by atoms with Gasteiger partial charge in [-0.05, 0) is 37.0 Å². The molecule has 0 aromatic heterocycles. The second-order valence-corrected chi connectivity index (χ2v) is 4.37. The summed E-state index contributed by atoms with van der Waals surface area (Å²) in [7, 11) is 1.70. The molecule has 0 unspecified atom stereocenters. The van der Waals surface area contributed by atoms with E-state index in [1.165, 1.54) is 24.0 Å². The molecule has 1 aliphatic rings. The molecule has 0 aliphatic heterocycles. The molecule has 1 fully saturated rings. The van der Waals surface area contributed by atoms with Crippen molar-refractivity contribution in [1.29, 1.82) is 0 Å². The summed E-state index contributed by atoms with van der Waals surface area (Å²) in [5.41, 5.74) is 2.84. The molecule has 2 rings (SSSR count). The van der Waals surface area contributed by atoms with E-state index >= 15 is 0 Å². The third-order valence-corrected chi connectivity index (χ3v) is 3.63. The van der Waals surface area contributed by atoms with Crippen molar-refractivity contribution >= 4 is 11.6 Å². The van der Waals surface area contributed by atoms with Gasteiger partial charge in [0.15, 0.2) is 0 Å². The quantitative estimate of drug-likeness (QED) is 0.696. The number of aryl methyl sites for hydroxylation is 1. The number of hydrogen-bond donors (Lipinski definition) is 0. The van der Waals surface area contributed by atoms with Gasteiger partial charge in [-0.2, -0.15) is 0 Å². The van der Waals surface area contributed by atoms with Crippen molar-refractivity contribution in [3.8, 4) is 5.75 Å². The largest absolute Gasteiger partial charge is 0.496 e. The molecule has 1 aromatic carbocycles. The normalized spacial score (nSPS) is 17.9. The average molecular weight is 211 g/mol. The summed E-state index contributed by atoms with van der Waals surface area (Å²) in [6.45, 7) is 2.08. The Hall–Kier alpha value is -0.690. The Balaban J connectivity index is 2.33. The molecule has 2 heteroatoms. The van der Waals surface area contributed by atoms with Gasteiger partial charge < -0.3 is 4.74 Å². The summed E-state index contributed by atoms with van der Waals surface area (Å²) < 4.78 is 5.23. The van der Waals surface area contributed by atoms with Crippen LogP contribution in [-0.2, 0) is 5.41 Å². The smallest absolute Gasteiger partial charge is 0.121 e. The minimum absolute atomic E-state index is 0.276. The molecular weight excluding hydrogens is 196 g/mol. The maximum atomic E-state index is 5.98. The Morgan fingerprint density at radius 2 is 2.14 bits per heavy atom. The summed E-state index contributed by atoms with van der Waals surface area (Å²) in [4.78, 5) is 0. The van der Waals surface area contributed by atoms with Crippen LogP contribution in [-0.4, -0.2) is 13.0 Å². The van der Waals surface area contributed by atoms with Crippen LogP contribution in [0.4, 0.5) is 0 Å².